The maximum absolute atomic E-state index is 13.1. The van der Waals surface area contributed by atoms with E-state index in [1.807, 2.05) is 13.8 Å². The van der Waals surface area contributed by atoms with E-state index < -0.39 is 5.41 Å². The van der Waals surface area contributed by atoms with Crippen molar-refractivity contribution in [3.8, 4) is 17.6 Å². The summed E-state index contributed by atoms with van der Waals surface area (Å²) < 4.78 is 23.6. The van der Waals surface area contributed by atoms with E-state index in [1.54, 1.807) is 32.9 Å². The molecule has 0 fully saturated rings. The van der Waals surface area contributed by atoms with Gasteiger partial charge < -0.3 is 18.9 Å². The van der Waals surface area contributed by atoms with Crippen molar-refractivity contribution in [2.24, 2.45) is 17.3 Å². The van der Waals surface area contributed by atoms with Crippen LogP contribution < -0.4 is 9.47 Å². The summed E-state index contributed by atoms with van der Waals surface area (Å²) in [6.07, 6.45) is 7.14. The van der Waals surface area contributed by atoms with Crippen LogP contribution >= 0.6 is 23.5 Å². The lowest BCUT2D eigenvalue weighted by Gasteiger charge is -2.16. The molecule has 1 aromatic carbocycles. The monoisotopic (exact) mass is 647 g/mol. The van der Waals surface area contributed by atoms with Gasteiger partial charge in [-0.25, -0.2) is 0 Å². The fourth-order valence-electron chi connectivity index (χ4n) is 4.52. The van der Waals surface area contributed by atoms with Crippen LogP contribution in [0.1, 0.15) is 99.8 Å². The van der Waals surface area contributed by atoms with Crippen LogP contribution in [0.15, 0.2) is 31.7 Å². The van der Waals surface area contributed by atoms with Gasteiger partial charge in [0.1, 0.15) is 49.6 Å². The predicted molar refractivity (Wildman–Crippen MR) is 175 cm³/mol. The Morgan fingerprint density at radius 2 is 1.20 bits per heavy atom. The average molecular weight is 648 g/mol. The first-order valence-corrected chi connectivity index (χ1v) is 17.5. The predicted octanol–water partition coefficient (Wildman–Crippen LogP) is 8.51. The van der Waals surface area contributed by atoms with E-state index >= 15 is 0 Å². The Kier molecular flexibility index (Phi) is 16.2. The van der Waals surface area contributed by atoms with Crippen molar-refractivity contribution >= 4 is 41.2 Å². The molecule has 2 atom stereocenters. The fraction of sp³-hybridized carbons (Fsp3) is 0.647. The first-order valence-electron chi connectivity index (χ1n) is 15.8. The molecule has 44 heavy (non-hydrogen) atoms. The quantitative estimate of drug-likeness (QED) is 0.0627. The highest BCUT2D eigenvalue weighted by Crippen LogP contribution is 2.59. The minimum Gasteiger partial charge on any atom is -0.489 e. The molecule has 0 spiro atoms. The number of unbranched alkanes of at least 4 members (excludes halogenated alkanes) is 2. The van der Waals surface area contributed by atoms with Gasteiger partial charge >= 0.3 is 11.9 Å². The lowest BCUT2D eigenvalue weighted by Crippen LogP contribution is -2.21. The number of benzene rings is 1. The van der Waals surface area contributed by atoms with Crippen LogP contribution in [0.25, 0.3) is 0 Å². The van der Waals surface area contributed by atoms with Crippen molar-refractivity contribution in [2.75, 3.05) is 26.4 Å². The van der Waals surface area contributed by atoms with E-state index in [2.05, 4.69) is 19.9 Å². The summed E-state index contributed by atoms with van der Waals surface area (Å²) in [6, 6.07) is 5.64. The third-order valence-electron chi connectivity index (χ3n) is 7.29. The van der Waals surface area contributed by atoms with Gasteiger partial charge in [-0.1, -0.05) is 97.7 Å². The molecule has 1 aromatic rings. The summed E-state index contributed by atoms with van der Waals surface area (Å²) in [7, 11) is 0. The van der Waals surface area contributed by atoms with Crippen LogP contribution in [-0.2, 0) is 23.9 Å². The summed E-state index contributed by atoms with van der Waals surface area (Å²) in [6.45, 7) is 14.1. The van der Waals surface area contributed by atoms with Crippen LogP contribution in [0, 0.1) is 28.6 Å². The molecule has 1 heterocycles. The van der Waals surface area contributed by atoms with Crippen molar-refractivity contribution in [2.45, 2.75) is 110 Å². The number of Topliss-reactive ketones (excluding diaryl/α,β-unsaturated/α-hetero) is 1. The van der Waals surface area contributed by atoms with E-state index in [1.165, 1.54) is 23.5 Å². The Labute approximate surface area is 272 Å². The number of carbonyl (C=O) groups excluding carboxylic acids is 3. The Morgan fingerprint density at radius 3 is 1.55 bits per heavy atom. The molecule has 0 radical (unpaired) electrons. The van der Waals surface area contributed by atoms with Crippen LogP contribution in [-0.4, -0.2) is 44.1 Å². The van der Waals surface area contributed by atoms with E-state index in [-0.39, 0.29) is 61.6 Å². The lowest BCUT2D eigenvalue weighted by atomic mass is 9.87. The van der Waals surface area contributed by atoms with Gasteiger partial charge in [0.25, 0.3) is 0 Å². The Balaban J connectivity index is 2.17. The molecule has 8 nitrogen and oxygen atoms in total. The Hall–Kier alpha value is -2.64. The number of fused-ring (bicyclic) bond motifs is 1. The van der Waals surface area contributed by atoms with Crippen molar-refractivity contribution in [1.82, 2.24) is 0 Å². The number of nitriles is 1. The number of ketones is 1. The van der Waals surface area contributed by atoms with E-state index in [4.69, 9.17) is 18.9 Å². The largest absolute Gasteiger partial charge is 0.489 e. The number of hydrogen-bond acceptors (Lipinski definition) is 10. The molecule has 244 valence electrons. The van der Waals surface area contributed by atoms with Crippen LogP contribution in [0.3, 0.4) is 0 Å². The molecule has 2 unspecified atom stereocenters. The minimum atomic E-state index is -0.721. The SMILES string of the molecule is CCCCC(CC)C(=O)OCCOc1ccc(OCCOC(=O)C(CC)CCCC)c2c1SC(=C(C#N)C(=O)C(C)(C)C)S2. The second-order valence-electron chi connectivity index (χ2n) is 11.8. The molecule has 0 aliphatic carbocycles. The van der Waals surface area contributed by atoms with Crippen molar-refractivity contribution in [3.63, 3.8) is 0 Å². The van der Waals surface area contributed by atoms with Gasteiger partial charge in [-0.2, -0.15) is 5.26 Å². The second-order valence-corrected chi connectivity index (χ2v) is 14.1. The van der Waals surface area contributed by atoms with E-state index in [0.29, 0.717) is 15.7 Å². The highest BCUT2D eigenvalue weighted by Gasteiger charge is 2.34. The van der Waals surface area contributed by atoms with Gasteiger partial charge in [-0.3, -0.25) is 14.4 Å². The van der Waals surface area contributed by atoms with Crippen molar-refractivity contribution < 1.29 is 33.3 Å². The van der Waals surface area contributed by atoms with Crippen LogP contribution in [0.2, 0.25) is 0 Å². The molecule has 0 saturated heterocycles. The number of esters is 2. The van der Waals surface area contributed by atoms with Crippen LogP contribution in [0.4, 0.5) is 0 Å². The van der Waals surface area contributed by atoms with Crippen LogP contribution in [0.5, 0.6) is 11.5 Å². The summed E-state index contributed by atoms with van der Waals surface area (Å²) >= 11 is 2.59. The van der Waals surface area contributed by atoms with Gasteiger partial charge in [-0.15, -0.1) is 0 Å². The van der Waals surface area contributed by atoms with Gasteiger partial charge in [0.05, 0.1) is 25.9 Å². The number of hydrogen-bond donors (Lipinski definition) is 0. The molecule has 2 rings (SSSR count). The zero-order chi connectivity index (χ0) is 32.7. The number of thioether (sulfide) groups is 2. The van der Waals surface area contributed by atoms with Gasteiger partial charge in [0, 0.05) is 5.41 Å². The summed E-state index contributed by atoms with van der Waals surface area (Å²) in [5.41, 5.74) is -0.625. The molecule has 1 aliphatic heterocycles. The summed E-state index contributed by atoms with van der Waals surface area (Å²) in [4.78, 5) is 39.5. The zero-order valence-electron chi connectivity index (χ0n) is 27.4. The molecule has 10 heteroatoms. The van der Waals surface area contributed by atoms with Gasteiger partial charge in [-0.05, 0) is 37.8 Å². The molecule has 1 aliphatic rings. The number of rotatable bonds is 19. The van der Waals surface area contributed by atoms with E-state index in [0.717, 1.165) is 61.2 Å². The normalized spacial score (nSPS) is 13.8. The highest BCUT2D eigenvalue weighted by molar-refractivity contribution is 8.24. The zero-order valence-corrected chi connectivity index (χ0v) is 29.0. The Bertz CT molecular complexity index is 1130. The van der Waals surface area contributed by atoms with Crippen molar-refractivity contribution in [1.29, 1.82) is 5.26 Å². The summed E-state index contributed by atoms with van der Waals surface area (Å²) in [5, 5.41) is 9.91. The van der Waals surface area contributed by atoms with E-state index in [9.17, 15) is 19.6 Å². The molecular weight excluding hydrogens is 599 g/mol. The maximum atomic E-state index is 13.1. The molecule has 0 amide bonds. The highest BCUT2D eigenvalue weighted by atomic mass is 32.2. The first-order chi connectivity index (χ1) is 21.0. The lowest BCUT2D eigenvalue weighted by molar-refractivity contribution is -0.150. The molecule has 0 bridgehead atoms. The molecular formula is C34H49NO7S2. The number of allylic oxidation sites excluding steroid dienone is 1. The average Bonchev–Trinajstić information content (AvgIpc) is 3.44. The fourth-order valence-corrected chi connectivity index (χ4v) is 7.13. The molecule has 0 saturated carbocycles. The maximum Gasteiger partial charge on any atom is 0.309 e. The third-order valence-corrected chi connectivity index (χ3v) is 9.92. The third kappa shape index (κ3) is 11.1. The molecule has 0 N–H and O–H groups in total. The standard InChI is InChI=1S/C34H49NO7S2/c1-8-12-14-23(10-3)31(37)41-20-18-39-26-16-17-27(40-19-21-42-32(38)24(11-4)15-13-9-2)29-28(26)43-33(44-29)25(22-35)30(36)34(5,6)7/h16-17,23-24H,8-15,18-21H2,1-7H3. The Morgan fingerprint density at radius 1 is 0.773 bits per heavy atom. The summed E-state index contributed by atoms with van der Waals surface area (Å²) in [5.74, 6) is 0.222. The van der Waals surface area contributed by atoms with Crippen molar-refractivity contribution in [3.05, 3.63) is 21.9 Å². The van der Waals surface area contributed by atoms with Gasteiger partial charge in [0.15, 0.2) is 5.78 Å². The molecule has 0 aromatic heterocycles. The number of nitrogens with zero attached hydrogens (tertiary/aromatic N) is 1. The smallest absolute Gasteiger partial charge is 0.309 e. The number of ether oxygens (including phenoxy) is 4. The first kappa shape index (κ1) is 37.5. The number of carbonyl (C=O) groups is 3. The topological polar surface area (TPSA) is 112 Å². The minimum absolute atomic E-state index is 0.0961. The second kappa shape index (κ2) is 19.0. The van der Waals surface area contributed by atoms with Gasteiger partial charge in [0.2, 0.25) is 0 Å².